The molecule has 1 amide bonds. The van der Waals surface area contributed by atoms with E-state index in [0.717, 1.165) is 48.4 Å². The van der Waals surface area contributed by atoms with Crippen LogP contribution in [0.15, 0.2) is 24.3 Å². The van der Waals surface area contributed by atoms with E-state index >= 15 is 0 Å². The summed E-state index contributed by atoms with van der Waals surface area (Å²) in [6.07, 6.45) is 7.51. The van der Waals surface area contributed by atoms with Gasteiger partial charge in [-0.15, -0.1) is 0 Å². The number of rotatable bonds is 3. The first-order valence-corrected chi connectivity index (χ1v) is 8.63. The first-order valence-electron chi connectivity index (χ1n) is 8.63. The van der Waals surface area contributed by atoms with E-state index in [4.69, 9.17) is 0 Å². The van der Waals surface area contributed by atoms with Crippen molar-refractivity contribution in [3.05, 3.63) is 24.3 Å². The number of carbonyl (C=O) groups excluding carboxylic acids is 1. The predicted octanol–water partition coefficient (Wildman–Crippen LogP) is 3.91. The van der Waals surface area contributed by atoms with E-state index in [2.05, 4.69) is 22.3 Å². The van der Waals surface area contributed by atoms with Crippen LogP contribution >= 0.6 is 0 Å². The predicted molar refractivity (Wildman–Crippen MR) is 90.0 cm³/mol. The van der Waals surface area contributed by atoms with Crippen molar-refractivity contribution in [2.24, 2.45) is 23.2 Å². The maximum atomic E-state index is 13.0. The molecule has 5 rings (SSSR count). The van der Waals surface area contributed by atoms with Crippen molar-refractivity contribution >= 4 is 17.3 Å². The number of nitrogens with zero attached hydrogens (tertiary/aromatic N) is 1. The molecule has 4 saturated carbocycles. The summed E-state index contributed by atoms with van der Waals surface area (Å²) in [6.45, 7) is 0. The summed E-state index contributed by atoms with van der Waals surface area (Å²) >= 11 is 0. The molecule has 0 aliphatic heterocycles. The second-order valence-electron chi connectivity index (χ2n) is 8.09. The van der Waals surface area contributed by atoms with Gasteiger partial charge in [-0.25, -0.2) is 0 Å². The third kappa shape index (κ3) is 2.31. The van der Waals surface area contributed by atoms with Crippen LogP contribution in [-0.2, 0) is 4.79 Å². The van der Waals surface area contributed by atoms with Gasteiger partial charge < -0.3 is 10.2 Å². The third-order valence-electron chi connectivity index (χ3n) is 6.16. The van der Waals surface area contributed by atoms with Gasteiger partial charge >= 0.3 is 0 Å². The van der Waals surface area contributed by atoms with Gasteiger partial charge in [0.1, 0.15) is 0 Å². The zero-order valence-corrected chi connectivity index (χ0v) is 13.6. The summed E-state index contributed by atoms with van der Waals surface area (Å²) in [7, 11) is 4.06. The molecule has 1 aromatic carbocycles. The average Bonchev–Trinajstić information content (AvgIpc) is 2.46. The minimum atomic E-state index is -0.0605. The minimum absolute atomic E-state index is 0.0605. The highest BCUT2D eigenvalue weighted by molar-refractivity contribution is 5.95. The van der Waals surface area contributed by atoms with Gasteiger partial charge in [-0.2, -0.15) is 0 Å². The number of carbonyl (C=O) groups is 1. The SMILES string of the molecule is CN(C)c1ccc(NC(=O)C23CC4CC(CC(C4)C2)C3)cc1. The summed E-state index contributed by atoms with van der Waals surface area (Å²) in [6, 6.07) is 8.17. The van der Waals surface area contributed by atoms with Crippen molar-refractivity contribution in [2.75, 3.05) is 24.3 Å². The van der Waals surface area contributed by atoms with Crippen LogP contribution in [0.4, 0.5) is 11.4 Å². The molecule has 0 aromatic heterocycles. The molecule has 4 fully saturated rings. The molecule has 3 heteroatoms. The monoisotopic (exact) mass is 298 g/mol. The second kappa shape index (κ2) is 5.00. The maximum Gasteiger partial charge on any atom is 0.230 e. The number of benzene rings is 1. The molecule has 118 valence electrons. The number of nitrogens with one attached hydrogen (secondary N) is 1. The van der Waals surface area contributed by atoms with E-state index in [1.807, 2.05) is 26.2 Å². The fourth-order valence-electron chi connectivity index (χ4n) is 5.50. The molecule has 0 radical (unpaired) electrons. The molecular formula is C19H26N2O. The normalized spacial score (nSPS) is 35.5. The number of hydrogen-bond acceptors (Lipinski definition) is 2. The minimum Gasteiger partial charge on any atom is -0.378 e. The van der Waals surface area contributed by atoms with Crippen LogP contribution in [0.2, 0.25) is 0 Å². The number of amides is 1. The van der Waals surface area contributed by atoms with E-state index in [1.165, 1.54) is 19.3 Å². The number of hydrogen-bond donors (Lipinski definition) is 1. The largest absolute Gasteiger partial charge is 0.378 e. The molecule has 0 heterocycles. The smallest absolute Gasteiger partial charge is 0.230 e. The van der Waals surface area contributed by atoms with Crippen molar-refractivity contribution in [2.45, 2.75) is 38.5 Å². The Morgan fingerprint density at radius 1 is 1.00 bits per heavy atom. The molecule has 0 spiro atoms. The Morgan fingerprint density at radius 2 is 1.50 bits per heavy atom. The fourth-order valence-corrected chi connectivity index (χ4v) is 5.50. The number of anilines is 2. The lowest BCUT2D eigenvalue weighted by Crippen LogP contribution is -2.51. The standard InChI is InChI=1S/C19H26N2O/c1-21(2)17-5-3-16(4-6-17)20-18(22)19-10-13-7-14(11-19)9-15(8-13)12-19/h3-6,13-15H,7-12H2,1-2H3,(H,20,22). The van der Waals surface area contributed by atoms with Gasteiger partial charge in [0.25, 0.3) is 0 Å². The lowest BCUT2D eigenvalue weighted by molar-refractivity contribution is -0.140. The van der Waals surface area contributed by atoms with Gasteiger partial charge in [-0.1, -0.05) is 0 Å². The zero-order valence-electron chi connectivity index (χ0n) is 13.6. The highest BCUT2D eigenvalue weighted by Gasteiger charge is 2.54. The van der Waals surface area contributed by atoms with Gasteiger partial charge in [0, 0.05) is 25.5 Å². The van der Waals surface area contributed by atoms with Gasteiger partial charge in [-0.05, 0) is 80.5 Å². The van der Waals surface area contributed by atoms with Crippen molar-refractivity contribution in [1.82, 2.24) is 0 Å². The zero-order chi connectivity index (χ0) is 15.3. The van der Waals surface area contributed by atoms with Crippen molar-refractivity contribution in [3.8, 4) is 0 Å². The highest BCUT2D eigenvalue weighted by Crippen LogP contribution is 2.60. The van der Waals surface area contributed by atoms with Gasteiger partial charge in [0.15, 0.2) is 0 Å². The van der Waals surface area contributed by atoms with Crippen molar-refractivity contribution < 1.29 is 4.79 Å². The van der Waals surface area contributed by atoms with Crippen molar-refractivity contribution in [1.29, 1.82) is 0 Å². The molecule has 0 atom stereocenters. The van der Waals surface area contributed by atoms with E-state index in [9.17, 15) is 4.79 Å². The second-order valence-corrected chi connectivity index (χ2v) is 8.09. The molecule has 0 saturated heterocycles. The van der Waals surface area contributed by atoms with Gasteiger partial charge in [-0.3, -0.25) is 4.79 Å². The van der Waals surface area contributed by atoms with Crippen LogP contribution in [0.25, 0.3) is 0 Å². The average molecular weight is 298 g/mol. The first kappa shape index (κ1) is 14.1. The van der Waals surface area contributed by atoms with Crippen LogP contribution in [0.3, 0.4) is 0 Å². The van der Waals surface area contributed by atoms with Crippen molar-refractivity contribution in [3.63, 3.8) is 0 Å². The Morgan fingerprint density at radius 3 is 1.95 bits per heavy atom. The molecule has 22 heavy (non-hydrogen) atoms. The van der Waals surface area contributed by atoms with E-state index in [-0.39, 0.29) is 11.3 Å². The summed E-state index contributed by atoms with van der Waals surface area (Å²) in [4.78, 5) is 15.0. The molecule has 4 aliphatic carbocycles. The molecule has 1 N–H and O–H groups in total. The maximum absolute atomic E-state index is 13.0. The molecule has 0 unspecified atom stereocenters. The van der Waals surface area contributed by atoms with E-state index in [0.29, 0.717) is 0 Å². The van der Waals surface area contributed by atoms with Gasteiger partial charge in [0.2, 0.25) is 5.91 Å². The lowest BCUT2D eigenvalue weighted by atomic mass is 9.49. The Bertz CT molecular complexity index is 540. The third-order valence-corrected chi connectivity index (χ3v) is 6.16. The fraction of sp³-hybridized carbons (Fsp3) is 0.632. The molecule has 3 nitrogen and oxygen atoms in total. The summed E-state index contributed by atoms with van der Waals surface area (Å²) in [5.74, 6) is 2.72. The Balaban J connectivity index is 1.50. The van der Waals surface area contributed by atoms with Crippen LogP contribution < -0.4 is 10.2 Å². The lowest BCUT2D eigenvalue weighted by Gasteiger charge is -2.55. The summed E-state index contributed by atoms with van der Waals surface area (Å²) < 4.78 is 0. The van der Waals surface area contributed by atoms with Crippen LogP contribution in [0.5, 0.6) is 0 Å². The van der Waals surface area contributed by atoms with E-state index in [1.54, 1.807) is 0 Å². The Hall–Kier alpha value is -1.51. The van der Waals surface area contributed by atoms with E-state index < -0.39 is 0 Å². The quantitative estimate of drug-likeness (QED) is 0.917. The molecular weight excluding hydrogens is 272 g/mol. The summed E-state index contributed by atoms with van der Waals surface area (Å²) in [5.41, 5.74) is 2.04. The molecule has 1 aromatic rings. The topological polar surface area (TPSA) is 32.3 Å². The Kier molecular flexibility index (Phi) is 3.21. The van der Waals surface area contributed by atoms with Gasteiger partial charge in [0.05, 0.1) is 5.41 Å². The van der Waals surface area contributed by atoms with Crippen LogP contribution in [0, 0.1) is 23.2 Å². The highest BCUT2D eigenvalue weighted by atomic mass is 16.2. The van der Waals surface area contributed by atoms with Crippen LogP contribution in [-0.4, -0.2) is 20.0 Å². The summed E-state index contributed by atoms with van der Waals surface area (Å²) in [5, 5.41) is 3.21. The molecule has 4 aliphatic rings. The van der Waals surface area contributed by atoms with Crippen LogP contribution in [0.1, 0.15) is 38.5 Å². The Labute approximate surface area is 133 Å². The molecule has 4 bridgehead atoms. The first-order chi connectivity index (χ1) is 10.5.